The fraction of sp³-hybridized carbons (Fsp3) is 0.312. The Labute approximate surface area is 142 Å². The summed E-state index contributed by atoms with van der Waals surface area (Å²) in [4.78, 5) is 23.2. The lowest BCUT2D eigenvalue weighted by Crippen LogP contribution is -2.44. The molecule has 0 bridgehead atoms. The van der Waals surface area contributed by atoms with Crippen LogP contribution in [0, 0.1) is 0 Å². The number of carbonyl (C=O) groups excluding carboxylic acids is 1. The molecule has 7 heteroatoms. The summed E-state index contributed by atoms with van der Waals surface area (Å²) in [5.74, 6) is 1.06. The smallest absolute Gasteiger partial charge is 0.252 e. The van der Waals surface area contributed by atoms with Gasteiger partial charge >= 0.3 is 0 Å². The second kappa shape index (κ2) is 6.25. The van der Waals surface area contributed by atoms with Crippen LogP contribution >= 0.6 is 22.7 Å². The molecule has 0 aromatic carbocycles. The van der Waals surface area contributed by atoms with Crippen molar-refractivity contribution in [3.63, 3.8) is 0 Å². The minimum Gasteiger partial charge on any atom is -0.355 e. The van der Waals surface area contributed by atoms with Crippen molar-refractivity contribution in [3.05, 3.63) is 40.2 Å². The van der Waals surface area contributed by atoms with Crippen LogP contribution < -0.4 is 10.2 Å². The van der Waals surface area contributed by atoms with E-state index in [0.717, 1.165) is 47.5 Å². The van der Waals surface area contributed by atoms with Gasteiger partial charge in [0.1, 0.15) is 12.1 Å². The molecule has 4 rings (SSSR count). The van der Waals surface area contributed by atoms with Crippen LogP contribution in [0.15, 0.2) is 34.6 Å². The van der Waals surface area contributed by atoms with E-state index < -0.39 is 0 Å². The molecule has 0 radical (unpaired) electrons. The van der Waals surface area contributed by atoms with Crippen molar-refractivity contribution in [2.75, 3.05) is 18.0 Å². The van der Waals surface area contributed by atoms with Crippen molar-refractivity contribution in [2.24, 2.45) is 0 Å². The molecule has 1 aliphatic heterocycles. The van der Waals surface area contributed by atoms with E-state index in [1.807, 2.05) is 22.9 Å². The van der Waals surface area contributed by atoms with Crippen LogP contribution in [-0.4, -0.2) is 35.0 Å². The van der Waals surface area contributed by atoms with Gasteiger partial charge in [-0.05, 0) is 35.7 Å². The number of rotatable bonds is 3. The lowest BCUT2D eigenvalue weighted by atomic mass is 10.0. The van der Waals surface area contributed by atoms with E-state index in [9.17, 15) is 4.79 Å². The van der Waals surface area contributed by atoms with E-state index in [2.05, 4.69) is 25.6 Å². The molecular weight excluding hydrogens is 328 g/mol. The molecule has 1 saturated heterocycles. The molecule has 1 fully saturated rings. The van der Waals surface area contributed by atoms with Crippen molar-refractivity contribution in [2.45, 2.75) is 18.9 Å². The Morgan fingerprint density at radius 2 is 2.09 bits per heavy atom. The van der Waals surface area contributed by atoms with Crippen molar-refractivity contribution < 1.29 is 4.79 Å². The summed E-state index contributed by atoms with van der Waals surface area (Å²) < 4.78 is 1.15. The average Bonchev–Trinajstić information content (AvgIpc) is 3.26. The lowest BCUT2D eigenvalue weighted by molar-refractivity contribution is 0.0931. The number of amides is 1. The Bertz CT molecular complexity index is 806. The molecule has 5 nitrogen and oxygen atoms in total. The summed E-state index contributed by atoms with van der Waals surface area (Å²) in [6.07, 6.45) is 3.51. The van der Waals surface area contributed by atoms with Gasteiger partial charge in [-0.25, -0.2) is 9.97 Å². The van der Waals surface area contributed by atoms with E-state index in [0.29, 0.717) is 0 Å². The number of hydrogen-bond donors (Lipinski definition) is 1. The molecule has 3 aromatic rings. The van der Waals surface area contributed by atoms with Crippen LogP contribution in [0.1, 0.15) is 23.2 Å². The van der Waals surface area contributed by atoms with E-state index in [4.69, 9.17) is 0 Å². The lowest BCUT2D eigenvalue weighted by Gasteiger charge is -2.33. The van der Waals surface area contributed by atoms with Gasteiger partial charge in [0.25, 0.3) is 5.91 Å². The highest BCUT2D eigenvalue weighted by atomic mass is 32.1. The molecule has 0 spiro atoms. The van der Waals surface area contributed by atoms with Gasteiger partial charge in [0.15, 0.2) is 0 Å². The van der Waals surface area contributed by atoms with Crippen molar-refractivity contribution >= 4 is 44.6 Å². The van der Waals surface area contributed by atoms with Crippen LogP contribution in [0.2, 0.25) is 0 Å². The van der Waals surface area contributed by atoms with Crippen molar-refractivity contribution in [1.29, 1.82) is 0 Å². The summed E-state index contributed by atoms with van der Waals surface area (Å²) in [5.41, 5.74) is 1.77. The van der Waals surface area contributed by atoms with Crippen LogP contribution in [-0.2, 0) is 0 Å². The number of hydrogen-bond acceptors (Lipinski definition) is 6. The summed E-state index contributed by atoms with van der Waals surface area (Å²) in [6.45, 7) is 1.80. The molecule has 0 aliphatic carbocycles. The third-order valence-corrected chi connectivity index (χ3v) is 5.72. The van der Waals surface area contributed by atoms with Crippen molar-refractivity contribution in [1.82, 2.24) is 15.3 Å². The van der Waals surface area contributed by atoms with E-state index in [1.165, 1.54) is 0 Å². The minimum atomic E-state index is 0.0346. The molecular formula is C16H16N4OS2. The number of piperidine rings is 1. The van der Waals surface area contributed by atoms with Gasteiger partial charge in [-0.3, -0.25) is 4.79 Å². The summed E-state index contributed by atoms with van der Waals surface area (Å²) in [6, 6.07) is 4.13. The van der Waals surface area contributed by atoms with Gasteiger partial charge < -0.3 is 10.2 Å². The number of nitrogens with zero attached hydrogens (tertiary/aromatic N) is 3. The molecule has 4 heterocycles. The van der Waals surface area contributed by atoms with Crippen LogP contribution in [0.25, 0.3) is 10.2 Å². The topological polar surface area (TPSA) is 58.1 Å². The number of nitrogens with one attached hydrogen (secondary N) is 1. The maximum absolute atomic E-state index is 12.1. The Balaban J connectivity index is 1.41. The van der Waals surface area contributed by atoms with Crippen LogP contribution in [0.3, 0.4) is 0 Å². The molecule has 118 valence electrons. The monoisotopic (exact) mass is 344 g/mol. The van der Waals surface area contributed by atoms with Crippen LogP contribution in [0.5, 0.6) is 0 Å². The Morgan fingerprint density at radius 3 is 2.87 bits per heavy atom. The molecule has 23 heavy (non-hydrogen) atoms. The number of fused-ring (bicyclic) bond motifs is 1. The van der Waals surface area contributed by atoms with E-state index >= 15 is 0 Å². The Morgan fingerprint density at radius 1 is 1.22 bits per heavy atom. The fourth-order valence-corrected chi connectivity index (χ4v) is 4.40. The van der Waals surface area contributed by atoms with Crippen molar-refractivity contribution in [3.8, 4) is 0 Å². The predicted molar refractivity (Wildman–Crippen MR) is 94.4 cm³/mol. The zero-order valence-corrected chi connectivity index (χ0v) is 14.1. The number of anilines is 1. The Kier molecular flexibility index (Phi) is 3.97. The van der Waals surface area contributed by atoms with Gasteiger partial charge in [-0.1, -0.05) is 0 Å². The predicted octanol–water partition coefficient (Wildman–Crippen LogP) is 3.15. The highest BCUT2D eigenvalue weighted by molar-refractivity contribution is 7.17. The summed E-state index contributed by atoms with van der Waals surface area (Å²) in [7, 11) is 0. The highest BCUT2D eigenvalue weighted by Crippen LogP contribution is 2.29. The second-order valence-electron chi connectivity index (χ2n) is 5.58. The third-order valence-electron chi connectivity index (χ3n) is 4.14. The summed E-state index contributed by atoms with van der Waals surface area (Å²) in [5, 5.41) is 9.01. The third kappa shape index (κ3) is 2.94. The SMILES string of the molecule is O=C(NC1CCN(c2ncnc3ccsc23)CC1)c1ccsc1. The van der Waals surface area contributed by atoms with Gasteiger partial charge in [0.05, 0.1) is 10.2 Å². The molecule has 1 N–H and O–H groups in total. The second-order valence-corrected chi connectivity index (χ2v) is 7.28. The number of carbonyl (C=O) groups is 1. The highest BCUT2D eigenvalue weighted by Gasteiger charge is 2.23. The van der Waals surface area contributed by atoms with Gasteiger partial charge in [-0.15, -0.1) is 11.3 Å². The first-order valence-electron chi connectivity index (χ1n) is 7.57. The average molecular weight is 344 g/mol. The molecule has 0 unspecified atom stereocenters. The molecule has 0 atom stereocenters. The molecule has 0 saturated carbocycles. The molecule has 1 aliphatic rings. The molecule has 1 amide bonds. The molecule has 3 aromatic heterocycles. The first-order chi connectivity index (χ1) is 11.3. The quantitative estimate of drug-likeness (QED) is 0.793. The van der Waals surface area contributed by atoms with Gasteiger partial charge in [0.2, 0.25) is 0 Å². The Hall–Kier alpha value is -1.99. The van der Waals surface area contributed by atoms with E-state index in [-0.39, 0.29) is 11.9 Å². The zero-order chi connectivity index (χ0) is 15.6. The maximum atomic E-state index is 12.1. The fourth-order valence-electron chi connectivity index (χ4n) is 2.90. The van der Waals surface area contributed by atoms with Gasteiger partial charge in [0, 0.05) is 30.1 Å². The minimum absolute atomic E-state index is 0.0346. The normalized spacial score (nSPS) is 15.9. The summed E-state index contributed by atoms with van der Waals surface area (Å²) >= 11 is 3.23. The standard InChI is InChI=1S/C16H16N4OS2/c21-16(11-3-7-22-9-11)19-12-1-5-20(6-2-12)15-14-13(4-8-23-14)17-10-18-15/h3-4,7-10,12H,1-2,5-6H2,(H,19,21). The largest absolute Gasteiger partial charge is 0.355 e. The first kappa shape index (κ1) is 14.6. The number of aromatic nitrogens is 2. The number of thiophene rings is 2. The maximum Gasteiger partial charge on any atom is 0.252 e. The van der Waals surface area contributed by atoms with E-state index in [1.54, 1.807) is 29.0 Å². The van der Waals surface area contributed by atoms with Crippen LogP contribution in [0.4, 0.5) is 5.82 Å². The van der Waals surface area contributed by atoms with Gasteiger partial charge in [-0.2, -0.15) is 11.3 Å². The first-order valence-corrected chi connectivity index (χ1v) is 9.40. The zero-order valence-electron chi connectivity index (χ0n) is 12.4.